The van der Waals surface area contributed by atoms with E-state index in [1.165, 1.54) is 12.1 Å². The SMILES string of the molecule is Bc1c(-c2ccc(F)cc2)nn2c1COCC2. The molecule has 1 aliphatic heterocycles. The van der Waals surface area contributed by atoms with Crippen molar-refractivity contribution in [3.63, 3.8) is 0 Å². The van der Waals surface area contributed by atoms with Crippen LogP contribution in [-0.2, 0) is 17.9 Å². The van der Waals surface area contributed by atoms with Gasteiger partial charge in [0.25, 0.3) is 0 Å². The molecule has 0 saturated heterocycles. The van der Waals surface area contributed by atoms with E-state index in [2.05, 4.69) is 5.10 Å². The summed E-state index contributed by atoms with van der Waals surface area (Å²) in [6.07, 6.45) is 0. The van der Waals surface area contributed by atoms with Gasteiger partial charge >= 0.3 is 0 Å². The molecule has 0 atom stereocenters. The highest BCUT2D eigenvalue weighted by molar-refractivity contribution is 6.36. The third kappa shape index (κ3) is 1.76. The first-order valence-corrected chi connectivity index (χ1v) is 5.65. The van der Waals surface area contributed by atoms with Crippen LogP contribution in [0.5, 0.6) is 0 Å². The lowest BCUT2D eigenvalue weighted by Crippen LogP contribution is -2.22. The summed E-state index contributed by atoms with van der Waals surface area (Å²) in [5, 5.41) is 4.56. The fourth-order valence-corrected chi connectivity index (χ4v) is 2.16. The number of nitrogens with zero attached hydrogens (tertiary/aromatic N) is 2. The van der Waals surface area contributed by atoms with Crippen LogP contribution in [0.25, 0.3) is 11.3 Å². The number of benzene rings is 1. The van der Waals surface area contributed by atoms with Crippen molar-refractivity contribution in [1.29, 1.82) is 0 Å². The zero-order valence-electron chi connectivity index (χ0n) is 9.61. The molecule has 0 N–H and O–H groups in total. The Hall–Kier alpha value is -1.62. The molecule has 1 aromatic carbocycles. The molecular weight excluding hydrogens is 218 g/mol. The monoisotopic (exact) mass is 230 g/mol. The minimum atomic E-state index is -0.223. The second-order valence-electron chi connectivity index (χ2n) is 4.20. The predicted octanol–water partition coefficient (Wildman–Crippen LogP) is 0.478. The first-order chi connectivity index (χ1) is 8.25. The first kappa shape index (κ1) is 10.5. The molecule has 0 saturated carbocycles. The van der Waals surface area contributed by atoms with E-state index < -0.39 is 0 Å². The fraction of sp³-hybridized carbons (Fsp3) is 0.250. The highest BCUT2D eigenvalue weighted by Crippen LogP contribution is 2.18. The van der Waals surface area contributed by atoms with Crippen molar-refractivity contribution in [2.75, 3.05) is 6.61 Å². The van der Waals surface area contributed by atoms with Gasteiger partial charge in [0.1, 0.15) is 13.7 Å². The van der Waals surface area contributed by atoms with Crippen LogP contribution in [0.3, 0.4) is 0 Å². The van der Waals surface area contributed by atoms with Gasteiger partial charge in [-0.1, -0.05) is 0 Å². The van der Waals surface area contributed by atoms with Crippen LogP contribution < -0.4 is 5.46 Å². The Balaban J connectivity index is 2.09. The molecule has 2 aromatic rings. The summed E-state index contributed by atoms with van der Waals surface area (Å²) in [6.45, 7) is 2.11. The van der Waals surface area contributed by atoms with E-state index in [-0.39, 0.29) is 5.82 Å². The van der Waals surface area contributed by atoms with E-state index in [1.54, 1.807) is 12.1 Å². The van der Waals surface area contributed by atoms with Gasteiger partial charge in [-0.3, -0.25) is 4.68 Å². The number of aromatic nitrogens is 2. The summed E-state index contributed by atoms with van der Waals surface area (Å²) < 4.78 is 20.3. The van der Waals surface area contributed by atoms with Gasteiger partial charge < -0.3 is 4.74 Å². The van der Waals surface area contributed by atoms with Crippen molar-refractivity contribution < 1.29 is 9.13 Å². The first-order valence-electron chi connectivity index (χ1n) is 5.65. The van der Waals surface area contributed by atoms with Crippen LogP contribution in [0.1, 0.15) is 5.69 Å². The summed E-state index contributed by atoms with van der Waals surface area (Å²) in [7, 11) is 2.03. The molecule has 0 amide bonds. The topological polar surface area (TPSA) is 27.1 Å². The fourth-order valence-electron chi connectivity index (χ4n) is 2.16. The van der Waals surface area contributed by atoms with E-state index in [0.29, 0.717) is 13.2 Å². The van der Waals surface area contributed by atoms with E-state index in [4.69, 9.17) is 4.74 Å². The Morgan fingerprint density at radius 2 is 2.06 bits per heavy atom. The van der Waals surface area contributed by atoms with Crippen LogP contribution >= 0.6 is 0 Å². The number of fused-ring (bicyclic) bond motifs is 1. The van der Waals surface area contributed by atoms with Crippen LogP contribution in [0.15, 0.2) is 24.3 Å². The van der Waals surface area contributed by atoms with Gasteiger partial charge in [0, 0.05) is 5.56 Å². The molecule has 0 fully saturated rings. The van der Waals surface area contributed by atoms with Gasteiger partial charge in [0.15, 0.2) is 0 Å². The zero-order chi connectivity index (χ0) is 11.8. The number of ether oxygens (including phenoxy) is 1. The lowest BCUT2D eigenvalue weighted by molar-refractivity contribution is 0.0808. The summed E-state index contributed by atoms with van der Waals surface area (Å²) in [5.41, 5.74) is 4.11. The van der Waals surface area contributed by atoms with Crippen molar-refractivity contribution in [3.8, 4) is 11.3 Å². The third-order valence-electron chi connectivity index (χ3n) is 3.12. The molecule has 0 unspecified atom stereocenters. The predicted molar refractivity (Wildman–Crippen MR) is 65.5 cm³/mol. The molecule has 0 bridgehead atoms. The summed E-state index contributed by atoms with van der Waals surface area (Å²) in [6, 6.07) is 6.45. The van der Waals surface area contributed by atoms with Crippen molar-refractivity contribution in [2.45, 2.75) is 13.2 Å². The molecule has 1 aromatic heterocycles. The molecule has 3 nitrogen and oxygen atoms in total. The average Bonchev–Trinajstić information content (AvgIpc) is 2.69. The number of rotatable bonds is 1. The van der Waals surface area contributed by atoms with Crippen LogP contribution in [-0.4, -0.2) is 24.2 Å². The average molecular weight is 230 g/mol. The Morgan fingerprint density at radius 1 is 1.29 bits per heavy atom. The highest BCUT2D eigenvalue weighted by Gasteiger charge is 2.18. The standard InChI is InChI=1S/C12H12BFN2O/c13-11-10-7-17-6-5-16(10)15-12(11)8-1-3-9(14)4-2-8/h1-4H,5-7,13H2. The van der Waals surface area contributed by atoms with Gasteiger partial charge in [-0.05, 0) is 29.7 Å². The number of halogens is 1. The zero-order valence-corrected chi connectivity index (χ0v) is 9.61. The molecular formula is C12H12BFN2O. The second kappa shape index (κ2) is 4.00. The summed E-state index contributed by atoms with van der Waals surface area (Å²) in [4.78, 5) is 0. The molecule has 2 heterocycles. The molecule has 86 valence electrons. The third-order valence-corrected chi connectivity index (χ3v) is 3.12. The quantitative estimate of drug-likeness (QED) is 0.666. The van der Waals surface area contributed by atoms with Crippen molar-refractivity contribution in [1.82, 2.24) is 9.78 Å². The summed E-state index contributed by atoms with van der Waals surface area (Å²) in [5.74, 6) is -0.223. The molecule has 0 spiro atoms. The number of hydrogen-bond donors (Lipinski definition) is 0. The van der Waals surface area contributed by atoms with Crippen molar-refractivity contribution in [3.05, 3.63) is 35.8 Å². The van der Waals surface area contributed by atoms with E-state index in [1.807, 2.05) is 12.5 Å². The lowest BCUT2D eigenvalue weighted by atomic mass is 9.90. The van der Waals surface area contributed by atoms with Gasteiger partial charge in [-0.15, -0.1) is 0 Å². The highest BCUT2D eigenvalue weighted by atomic mass is 19.1. The van der Waals surface area contributed by atoms with Gasteiger partial charge in [0.2, 0.25) is 0 Å². The lowest BCUT2D eigenvalue weighted by Gasteiger charge is -2.14. The van der Waals surface area contributed by atoms with Gasteiger partial charge in [-0.25, -0.2) is 4.39 Å². The maximum atomic E-state index is 12.9. The Kier molecular flexibility index (Phi) is 2.48. The molecule has 0 radical (unpaired) electrons. The minimum absolute atomic E-state index is 0.223. The van der Waals surface area contributed by atoms with Gasteiger partial charge in [-0.2, -0.15) is 5.10 Å². The minimum Gasteiger partial charge on any atom is -0.373 e. The molecule has 3 rings (SSSR count). The van der Waals surface area contributed by atoms with Crippen molar-refractivity contribution in [2.24, 2.45) is 0 Å². The molecule has 1 aliphatic rings. The molecule has 5 heteroatoms. The summed E-state index contributed by atoms with van der Waals surface area (Å²) >= 11 is 0. The largest absolute Gasteiger partial charge is 0.373 e. The Morgan fingerprint density at radius 3 is 2.76 bits per heavy atom. The van der Waals surface area contributed by atoms with E-state index in [0.717, 1.165) is 29.0 Å². The van der Waals surface area contributed by atoms with Crippen LogP contribution in [0.2, 0.25) is 0 Å². The van der Waals surface area contributed by atoms with Gasteiger partial charge in [0.05, 0.1) is 31.1 Å². The molecule has 0 aliphatic carbocycles. The van der Waals surface area contributed by atoms with Crippen LogP contribution in [0, 0.1) is 5.82 Å². The molecule has 17 heavy (non-hydrogen) atoms. The Bertz CT molecular complexity index is 550. The van der Waals surface area contributed by atoms with E-state index >= 15 is 0 Å². The van der Waals surface area contributed by atoms with Crippen molar-refractivity contribution >= 4 is 13.3 Å². The van der Waals surface area contributed by atoms with E-state index in [9.17, 15) is 4.39 Å². The second-order valence-corrected chi connectivity index (χ2v) is 4.20. The maximum absolute atomic E-state index is 12.9. The maximum Gasteiger partial charge on any atom is 0.144 e. The smallest absolute Gasteiger partial charge is 0.144 e. The van der Waals surface area contributed by atoms with Crippen LogP contribution in [0.4, 0.5) is 4.39 Å². The normalized spacial score (nSPS) is 14.6. The Labute approximate surface area is 99.6 Å². The number of hydrogen-bond acceptors (Lipinski definition) is 2.